The van der Waals surface area contributed by atoms with Crippen LogP contribution in [0.25, 0.3) is 0 Å². The third-order valence-corrected chi connectivity index (χ3v) is 3.94. The van der Waals surface area contributed by atoms with E-state index in [2.05, 4.69) is 45.2 Å². The Morgan fingerprint density at radius 3 is 2.89 bits per heavy atom. The van der Waals surface area contributed by atoms with Crippen LogP contribution in [0.1, 0.15) is 16.8 Å². The summed E-state index contributed by atoms with van der Waals surface area (Å²) in [5.74, 6) is 0.670. The Hall–Kier alpha value is -1.14. The highest BCUT2D eigenvalue weighted by Gasteiger charge is 2.29. The Morgan fingerprint density at radius 1 is 1.58 bits per heavy atom. The van der Waals surface area contributed by atoms with Gasteiger partial charge >= 0.3 is 0 Å². The minimum Gasteiger partial charge on any atom is -0.372 e. The van der Waals surface area contributed by atoms with Gasteiger partial charge in [-0.15, -0.1) is 0 Å². The van der Waals surface area contributed by atoms with Crippen molar-refractivity contribution in [2.24, 2.45) is 0 Å². The van der Waals surface area contributed by atoms with Crippen LogP contribution in [-0.4, -0.2) is 61.0 Å². The molecule has 0 saturated carbocycles. The van der Waals surface area contributed by atoms with Crippen molar-refractivity contribution in [3.63, 3.8) is 0 Å². The highest BCUT2D eigenvalue weighted by Crippen LogP contribution is 2.22. The Balaban J connectivity index is 2.19. The van der Waals surface area contributed by atoms with Gasteiger partial charge < -0.3 is 15.1 Å². The van der Waals surface area contributed by atoms with Gasteiger partial charge in [-0.05, 0) is 42.5 Å². The second-order valence-corrected chi connectivity index (χ2v) is 5.87. The molecular weight excluding hydrogens is 308 g/mol. The number of hydrogen-bond acceptors (Lipinski definition) is 4. The zero-order valence-electron chi connectivity index (χ0n) is 11.5. The normalized spacial score (nSPS) is 19.0. The summed E-state index contributed by atoms with van der Waals surface area (Å²) < 4.78 is 0.818. The number of likely N-dealkylation sites (N-methyl/N-ethyl adjacent to an activating group) is 1. The average Bonchev–Trinajstić information content (AvgIpc) is 2.87. The number of likely N-dealkylation sites (tertiary alicyclic amines) is 1. The lowest BCUT2D eigenvalue weighted by molar-refractivity contribution is 0.0783. The number of pyridine rings is 1. The minimum absolute atomic E-state index is 0.0440. The van der Waals surface area contributed by atoms with Crippen molar-refractivity contribution in [3.8, 4) is 0 Å². The fourth-order valence-electron chi connectivity index (χ4n) is 2.32. The molecule has 2 heterocycles. The standard InChI is InChI=1S/C13H19BrN4O/c1-15-12-11(6-9(14)7-16-12)13(19)18-5-4-10(8-18)17(2)3/h6-7,10H,4-5,8H2,1-3H3,(H,15,16). The number of nitrogens with one attached hydrogen (secondary N) is 1. The Morgan fingerprint density at radius 2 is 2.32 bits per heavy atom. The van der Waals surface area contributed by atoms with Gasteiger partial charge in [0.05, 0.1) is 5.56 Å². The summed E-state index contributed by atoms with van der Waals surface area (Å²) in [6.07, 6.45) is 2.71. The van der Waals surface area contributed by atoms with Crippen molar-refractivity contribution in [2.75, 3.05) is 39.5 Å². The highest BCUT2D eigenvalue weighted by molar-refractivity contribution is 9.10. The number of hydrogen-bond donors (Lipinski definition) is 1. The van der Waals surface area contributed by atoms with Gasteiger partial charge in [-0.1, -0.05) is 0 Å². The van der Waals surface area contributed by atoms with Gasteiger partial charge in [0.15, 0.2) is 0 Å². The van der Waals surface area contributed by atoms with Gasteiger partial charge in [0.25, 0.3) is 5.91 Å². The lowest BCUT2D eigenvalue weighted by Gasteiger charge is -2.21. The van der Waals surface area contributed by atoms with E-state index in [-0.39, 0.29) is 5.91 Å². The van der Waals surface area contributed by atoms with Crippen LogP contribution in [0.2, 0.25) is 0 Å². The summed E-state index contributed by atoms with van der Waals surface area (Å²) in [6, 6.07) is 2.27. The molecule has 1 aliphatic heterocycles. The van der Waals surface area contributed by atoms with Crippen molar-refractivity contribution in [2.45, 2.75) is 12.5 Å². The fraction of sp³-hybridized carbons (Fsp3) is 0.538. The van der Waals surface area contributed by atoms with Crippen LogP contribution < -0.4 is 5.32 Å². The maximum atomic E-state index is 12.6. The van der Waals surface area contributed by atoms with E-state index in [0.717, 1.165) is 24.0 Å². The Kier molecular flexibility index (Phi) is 4.42. The number of halogens is 1. The monoisotopic (exact) mass is 326 g/mol. The van der Waals surface area contributed by atoms with Crippen LogP contribution in [-0.2, 0) is 0 Å². The van der Waals surface area contributed by atoms with E-state index >= 15 is 0 Å². The summed E-state index contributed by atoms with van der Waals surface area (Å²) >= 11 is 3.37. The fourth-order valence-corrected chi connectivity index (χ4v) is 2.65. The number of amides is 1. The molecule has 0 aliphatic carbocycles. The van der Waals surface area contributed by atoms with Crippen LogP contribution in [0.15, 0.2) is 16.7 Å². The van der Waals surface area contributed by atoms with Crippen molar-refractivity contribution in [1.29, 1.82) is 0 Å². The lowest BCUT2D eigenvalue weighted by atomic mass is 10.2. The first-order valence-corrected chi connectivity index (χ1v) is 7.11. The van der Waals surface area contributed by atoms with Crippen LogP contribution >= 0.6 is 15.9 Å². The summed E-state index contributed by atoms with van der Waals surface area (Å²) in [5, 5.41) is 2.97. The predicted molar refractivity (Wildman–Crippen MR) is 79.5 cm³/mol. The molecule has 1 fully saturated rings. The molecule has 6 heteroatoms. The minimum atomic E-state index is 0.0440. The van der Waals surface area contributed by atoms with Gasteiger partial charge in [-0.2, -0.15) is 0 Å². The SMILES string of the molecule is CNc1ncc(Br)cc1C(=O)N1CCC(N(C)C)C1. The molecule has 0 bridgehead atoms. The molecule has 0 spiro atoms. The molecule has 1 aromatic rings. The van der Waals surface area contributed by atoms with Crippen molar-refractivity contribution < 1.29 is 4.79 Å². The molecular formula is C13H19BrN4O. The third kappa shape index (κ3) is 3.06. The van der Waals surface area contributed by atoms with Gasteiger partial charge in [0.1, 0.15) is 5.82 Å². The number of nitrogens with zero attached hydrogens (tertiary/aromatic N) is 3. The molecule has 1 atom stereocenters. The Bertz CT molecular complexity index is 478. The summed E-state index contributed by atoms with van der Waals surface area (Å²) in [6.45, 7) is 1.58. The molecule has 2 rings (SSSR count). The maximum Gasteiger partial charge on any atom is 0.257 e. The maximum absolute atomic E-state index is 12.6. The van der Waals surface area contributed by atoms with Gasteiger partial charge in [0, 0.05) is 36.8 Å². The predicted octanol–water partition coefficient (Wildman–Crippen LogP) is 1.66. The summed E-state index contributed by atoms with van der Waals surface area (Å²) in [7, 11) is 5.89. The average molecular weight is 327 g/mol. The first-order valence-electron chi connectivity index (χ1n) is 6.32. The van der Waals surface area contributed by atoms with Crippen molar-refractivity contribution >= 4 is 27.7 Å². The molecule has 19 heavy (non-hydrogen) atoms. The van der Waals surface area contributed by atoms with Gasteiger partial charge in [-0.25, -0.2) is 4.98 Å². The number of carbonyl (C=O) groups excluding carboxylic acids is 1. The lowest BCUT2D eigenvalue weighted by Crippen LogP contribution is -2.34. The molecule has 1 aliphatic rings. The molecule has 1 amide bonds. The van der Waals surface area contributed by atoms with E-state index in [9.17, 15) is 4.79 Å². The molecule has 1 N–H and O–H groups in total. The third-order valence-electron chi connectivity index (χ3n) is 3.50. The van der Waals surface area contributed by atoms with Crippen LogP contribution in [0, 0.1) is 0 Å². The topological polar surface area (TPSA) is 48.5 Å². The largest absolute Gasteiger partial charge is 0.372 e. The van der Waals surface area contributed by atoms with E-state index in [4.69, 9.17) is 0 Å². The number of anilines is 1. The van der Waals surface area contributed by atoms with E-state index in [0.29, 0.717) is 17.4 Å². The summed E-state index contributed by atoms with van der Waals surface area (Å²) in [5.41, 5.74) is 0.622. The zero-order chi connectivity index (χ0) is 14.0. The number of carbonyl (C=O) groups is 1. The highest BCUT2D eigenvalue weighted by atomic mass is 79.9. The molecule has 1 unspecified atom stereocenters. The van der Waals surface area contributed by atoms with E-state index in [1.54, 1.807) is 13.2 Å². The van der Waals surface area contributed by atoms with E-state index in [1.165, 1.54) is 0 Å². The zero-order valence-corrected chi connectivity index (χ0v) is 13.1. The number of rotatable bonds is 3. The first kappa shape index (κ1) is 14.3. The van der Waals surface area contributed by atoms with Crippen LogP contribution in [0.5, 0.6) is 0 Å². The van der Waals surface area contributed by atoms with Crippen LogP contribution in [0.4, 0.5) is 5.82 Å². The number of aromatic nitrogens is 1. The molecule has 1 saturated heterocycles. The van der Waals surface area contributed by atoms with Gasteiger partial charge in [0.2, 0.25) is 0 Å². The van der Waals surface area contributed by atoms with Crippen molar-refractivity contribution in [1.82, 2.24) is 14.8 Å². The van der Waals surface area contributed by atoms with Crippen LogP contribution in [0.3, 0.4) is 0 Å². The van der Waals surface area contributed by atoms with Crippen molar-refractivity contribution in [3.05, 3.63) is 22.3 Å². The summed E-state index contributed by atoms with van der Waals surface area (Å²) in [4.78, 5) is 20.9. The van der Waals surface area contributed by atoms with E-state index < -0.39 is 0 Å². The quantitative estimate of drug-likeness (QED) is 0.917. The molecule has 1 aromatic heterocycles. The molecule has 5 nitrogen and oxygen atoms in total. The second-order valence-electron chi connectivity index (χ2n) is 4.96. The van der Waals surface area contributed by atoms with E-state index in [1.807, 2.05) is 11.0 Å². The molecule has 0 radical (unpaired) electrons. The second kappa shape index (κ2) is 5.88. The molecule has 0 aromatic carbocycles. The van der Waals surface area contributed by atoms with Gasteiger partial charge in [-0.3, -0.25) is 4.79 Å². The first-order chi connectivity index (χ1) is 9.02. The smallest absolute Gasteiger partial charge is 0.257 e. The molecule has 104 valence electrons. The Labute approximate surface area is 122 Å².